The van der Waals surface area contributed by atoms with Crippen molar-refractivity contribution in [3.63, 3.8) is 0 Å². The van der Waals surface area contributed by atoms with Crippen molar-refractivity contribution in [2.45, 2.75) is 26.8 Å². The molecule has 2 N–H and O–H groups in total. The molecule has 1 unspecified atom stereocenters. The lowest BCUT2D eigenvalue weighted by Crippen LogP contribution is -2.49. The summed E-state index contributed by atoms with van der Waals surface area (Å²) < 4.78 is 24.7. The zero-order valence-corrected chi connectivity index (χ0v) is 19.6. The highest BCUT2D eigenvalue weighted by molar-refractivity contribution is 6.13. The number of benzene rings is 2. The number of oxazole rings is 1. The predicted octanol–water partition coefficient (Wildman–Crippen LogP) is 4.00. The van der Waals surface area contributed by atoms with Gasteiger partial charge >= 0.3 is 6.08 Å². The maximum Gasteiger partial charge on any atom is 0.394 e. The Morgan fingerprint density at radius 3 is 2.71 bits per heavy atom. The van der Waals surface area contributed by atoms with Crippen LogP contribution in [0.25, 0.3) is 22.1 Å². The van der Waals surface area contributed by atoms with Crippen LogP contribution in [-0.4, -0.2) is 53.6 Å². The van der Waals surface area contributed by atoms with Gasteiger partial charge in [-0.1, -0.05) is 13.8 Å². The summed E-state index contributed by atoms with van der Waals surface area (Å²) in [6.45, 7) is 8.66. The van der Waals surface area contributed by atoms with E-state index in [2.05, 4.69) is 37.4 Å². The van der Waals surface area contributed by atoms with E-state index < -0.39 is 11.7 Å². The minimum absolute atomic E-state index is 0.0331. The Balaban J connectivity index is 0.00000133. The van der Waals surface area contributed by atoms with Crippen molar-refractivity contribution in [1.82, 2.24) is 20.3 Å². The Hall–Kier alpha value is -3.79. The molecular weight excluding hydrogens is 439 g/mol. The summed E-state index contributed by atoms with van der Waals surface area (Å²) >= 11 is 0. The third-order valence-corrected chi connectivity index (χ3v) is 5.42. The van der Waals surface area contributed by atoms with E-state index in [9.17, 15) is 9.18 Å². The molecule has 1 saturated heterocycles. The summed E-state index contributed by atoms with van der Waals surface area (Å²) in [7, 11) is 1.38. The maximum absolute atomic E-state index is 14.4. The van der Waals surface area contributed by atoms with Crippen molar-refractivity contribution in [3.8, 4) is 6.08 Å². The van der Waals surface area contributed by atoms with Crippen LogP contribution in [-0.2, 0) is 0 Å². The number of anilines is 2. The second-order valence-electron chi connectivity index (χ2n) is 7.63. The van der Waals surface area contributed by atoms with Gasteiger partial charge in [-0.15, -0.1) is 0 Å². The van der Waals surface area contributed by atoms with Gasteiger partial charge < -0.3 is 24.7 Å². The lowest BCUT2D eigenvalue weighted by atomic mass is 10.1. The Morgan fingerprint density at radius 1 is 1.21 bits per heavy atom. The monoisotopic (exact) mass is 466 g/mol. The first-order valence-electron chi connectivity index (χ1n) is 11.2. The number of fused-ring (bicyclic) bond motifs is 2. The number of amides is 1. The minimum Gasteiger partial charge on any atom is -0.453 e. The fraction of sp³-hybridized carbons (Fsp3) is 0.333. The summed E-state index contributed by atoms with van der Waals surface area (Å²) in [4.78, 5) is 28.1. The summed E-state index contributed by atoms with van der Waals surface area (Å²) in [6, 6.07) is 6.64. The molecule has 0 saturated carbocycles. The molecular formula is C24H27FN6O3. The van der Waals surface area contributed by atoms with Gasteiger partial charge in [-0.2, -0.15) is 4.98 Å². The molecule has 0 spiro atoms. The van der Waals surface area contributed by atoms with Crippen LogP contribution in [0.2, 0.25) is 0 Å². The highest BCUT2D eigenvalue weighted by Crippen LogP contribution is 2.29. The van der Waals surface area contributed by atoms with Crippen LogP contribution in [0.3, 0.4) is 0 Å². The molecule has 10 heteroatoms. The normalized spacial score (nSPS) is 15.7. The van der Waals surface area contributed by atoms with E-state index in [-0.39, 0.29) is 22.9 Å². The molecule has 1 aliphatic heterocycles. The van der Waals surface area contributed by atoms with Crippen LogP contribution in [0, 0.1) is 5.82 Å². The van der Waals surface area contributed by atoms with Gasteiger partial charge in [-0.25, -0.2) is 4.39 Å². The summed E-state index contributed by atoms with van der Waals surface area (Å²) in [5, 5.41) is 6.13. The molecule has 178 valence electrons. The number of nitrogens with one attached hydrogen (secondary N) is 2. The fourth-order valence-electron chi connectivity index (χ4n) is 3.96. The van der Waals surface area contributed by atoms with Gasteiger partial charge in [-0.3, -0.25) is 14.8 Å². The van der Waals surface area contributed by atoms with E-state index in [4.69, 9.17) is 9.15 Å². The molecule has 1 aliphatic rings. The number of halogens is 1. The number of aromatic nitrogens is 3. The Bertz CT molecular complexity index is 1330. The molecule has 0 aliphatic carbocycles. The van der Waals surface area contributed by atoms with E-state index in [1.165, 1.54) is 19.2 Å². The first kappa shape index (κ1) is 23.4. The van der Waals surface area contributed by atoms with Gasteiger partial charge in [-0.05, 0) is 25.1 Å². The zero-order valence-electron chi connectivity index (χ0n) is 19.6. The molecule has 1 atom stereocenters. The molecule has 9 nitrogen and oxygen atoms in total. The van der Waals surface area contributed by atoms with Crippen molar-refractivity contribution in [3.05, 3.63) is 48.0 Å². The summed E-state index contributed by atoms with van der Waals surface area (Å²) in [5.74, 6) is -1.06. The number of carbonyl (C=O) groups is 1. The van der Waals surface area contributed by atoms with Crippen LogP contribution in [0.1, 0.15) is 31.1 Å². The van der Waals surface area contributed by atoms with E-state index in [1.807, 2.05) is 19.9 Å². The molecule has 3 heterocycles. The van der Waals surface area contributed by atoms with Gasteiger partial charge in [0.05, 0.1) is 18.4 Å². The summed E-state index contributed by atoms with van der Waals surface area (Å²) in [6.07, 6.45) is 3.11. The van der Waals surface area contributed by atoms with Crippen molar-refractivity contribution < 1.29 is 18.3 Å². The number of rotatable bonds is 4. The Morgan fingerprint density at radius 2 is 1.97 bits per heavy atom. The van der Waals surface area contributed by atoms with E-state index in [0.717, 1.165) is 25.3 Å². The number of methoxy groups -OCH3 is 1. The number of carbonyl (C=O) groups excluding carboxylic acids is 1. The number of piperazine rings is 1. The van der Waals surface area contributed by atoms with Gasteiger partial charge in [0.2, 0.25) is 0 Å². The van der Waals surface area contributed by atoms with Gasteiger partial charge in [0, 0.05) is 49.8 Å². The van der Waals surface area contributed by atoms with Gasteiger partial charge in [0.1, 0.15) is 16.6 Å². The Kier molecular flexibility index (Phi) is 6.87. The number of nitrogens with zero attached hydrogens (tertiary/aromatic N) is 4. The third kappa shape index (κ3) is 4.49. The first-order chi connectivity index (χ1) is 16.5. The lowest BCUT2D eigenvalue weighted by molar-refractivity contribution is 0.102. The van der Waals surface area contributed by atoms with Crippen molar-refractivity contribution in [1.29, 1.82) is 0 Å². The second kappa shape index (κ2) is 10.0. The van der Waals surface area contributed by atoms with Crippen LogP contribution in [0.5, 0.6) is 6.08 Å². The maximum atomic E-state index is 14.4. The highest BCUT2D eigenvalue weighted by atomic mass is 19.1. The standard InChI is InChI=1S/C22H21FN6O3.C2H6/c1-12-11-29(8-7-24-12)16-4-3-14(18-20(16)26-6-5-25-18)21(30)27-13-9-15(23)19-17(10-13)32-22(28-19)31-2;1-2/h3-6,9-10,12,24H,7-8,11H2,1-2H3,(H,27,30);1-2H3. The summed E-state index contributed by atoms with van der Waals surface area (Å²) in [5.41, 5.74) is 2.84. The molecule has 1 fully saturated rings. The molecule has 0 bridgehead atoms. The Labute approximate surface area is 196 Å². The van der Waals surface area contributed by atoms with Crippen LogP contribution in [0.15, 0.2) is 41.1 Å². The quantitative estimate of drug-likeness (QED) is 0.465. The number of hydrogen-bond acceptors (Lipinski definition) is 8. The average molecular weight is 467 g/mol. The smallest absolute Gasteiger partial charge is 0.394 e. The lowest BCUT2D eigenvalue weighted by Gasteiger charge is -2.34. The van der Waals surface area contributed by atoms with Crippen LogP contribution in [0.4, 0.5) is 15.8 Å². The molecule has 0 radical (unpaired) electrons. The predicted molar refractivity (Wildman–Crippen MR) is 129 cm³/mol. The molecule has 34 heavy (non-hydrogen) atoms. The number of ether oxygens (including phenoxy) is 1. The molecule has 1 amide bonds. The topological polar surface area (TPSA) is 105 Å². The largest absolute Gasteiger partial charge is 0.453 e. The molecule has 4 aromatic rings. The van der Waals surface area contributed by atoms with Crippen LogP contribution < -0.4 is 20.3 Å². The van der Waals surface area contributed by atoms with E-state index >= 15 is 0 Å². The first-order valence-corrected chi connectivity index (χ1v) is 11.2. The zero-order chi connectivity index (χ0) is 24.2. The third-order valence-electron chi connectivity index (χ3n) is 5.42. The van der Waals surface area contributed by atoms with Crippen molar-refractivity contribution in [2.24, 2.45) is 0 Å². The van der Waals surface area contributed by atoms with Crippen molar-refractivity contribution >= 4 is 39.4 Å². The average Bonchev–Trinajstić information content (AvgIpc) is 3.28. The van der Waals surface area contributed by atoms with Gasteiger partial charge in [0.15, 0.2) is 11.4 Å². The van der Waals surface area contributed by atoms with E-state index in [0.29, 0.717) is 22.6 Å². The minimum atomic E-state index is -0.627. The number of hydrogen-bond donors (Lipinski definition) is 2. The molecule has 2 aromatic heterocycles. The van der Waals surface area contributed by atoms with E-state index in [1.54, 1.807) is 18.5 Å². The van der Waals surface area contributed by atoms with Crippen molar-refractivity contribution in [2.75, 3.05) is 37.0 Å². The molecule has 5 rings (SSSR count). The SMILES string of the molecule is CC.COc1nc2c(F)cc(NC(=O)c3ccc(N4CCNC(C)C4)c4nccnc34)cc2o1. The van der Waals surface area contributed by atoms with Gasteiger partial charge in [0.25, 0.3) is 5.91 Å². The highest BCUT2D eigenvalue weighted by Gasteiger charge is 2.22. The molecule has 2 aromatic carbocycles. The van der Waals surface area contributed by atoms with Crippen LogP contribution >= 0.6 is 0 Å². The fourth-order valence-corrected chi connectivity index (χ4v) is 3.96. The second-order valence-corrected chi connectivity index (χ2v) is 7.63.